The van der Waals surface area contributed by atoms with Crippen molar-refractivity contribution in [3.8, 4) is 5.75 Å². The number of benzene rings is 2. The Hall–Kier alpha value is -4.99. The van der Waals surface area contributed by atoms with Crippen LogP contribution in [0.3, 0.4) is 0 Å². The van der Waals surface area contributed by atoms with Crippen molar-refractivity contribution >= 4 is 34.7 Å². The van der Waals surface area contributed by atoms with Crippen LogP contribution in [0, 0.1) is 6.92 Å². The van der Waals surface area contributed by atoms with E-state index in [0.29, 0.717) is 33.5 Å². The van der Waals surface area contributed by atoms with Crippen molar-refractivity contribution in [2.24, 2.45) is 0 Å². The highest BCUT2D eigenvalue weighted by Gasteiger charge is 2.57. The normalized spacial score (nSPS) is 18.5. The van der Waals surface area contributed by atoms with Crippen molar-refractivity contribution in [1.82, 2.24) is 14.8 Å². The Morgan fingerprint density at radius 1 is 1.07 bits per heavy atom. The van der Waals surface area contributed by atoms with Gasteiger partial charge in [0.1, 0.15) is 22.5 Å². The molecular formula is C30H25N3O7. The number of aromatic nitrogens is 1. The molecule has 4 heterocycles. The molecular weight excluding hydrogens is 514 g/mol. The molecule has 6 rings (SSSR count). The zero-order chi connectivity index (χ0) is 28.0. The summed E-state index contributed by atoms with van der Waals surface area (Å²) in [6, 6.07) is 16.9. The maximum atomic E-state index is 14.1. The highest BCUT2D eigenvalue weighted by Crippen LogP contribution is 2.42. The van der Waals surface area contributed by atoms with Gasteiger partial charge in [-0.05, 0) is 48.9 Å². The number of imide groups is 1. The van der Waals surface area contributed by atoms with Crippen LogP contribution in [0.4, 0.5) is 0 Å². The number of ether oxygens (including phenoxy) is 2. The van der Waals surface area contributed by atoms with E-state index >= 15 is 0 Å². The summed E-state index contributed by atoms with van der Waals surface area (Å²) in [4.78, 5) is 60.1. The van der Waals surface area contributed by atoms with Crippen LogP contribution < -0.4 is 4.74 Å². The predicted molar refractivity (Wildman–Crippen MR) is 141 cm³/mol. The van der Waals surface area contributed by atoms with E-state index in [1.165, 1.54) is 12.0 Å². The number of hydrogen-bond donors (Lipinski definition) is 0. The largest absolute Gasteiger partial charge is 0.497 e. The molecule has 1 fully saturated rings. The predicted octanol–water partition coefficient (Wildman–Crippen LogP) is 3.61. The molecule has 1 saturated heterocycles. The number of esters is 1. The van der Waals surface area contributed by atoms with Crippen molar-refractivity contribution in [3.63, 3.8) is 0 Å². The molecule has 0 N–H and O–H groups in total. The highest BCUT2D eigenvalue weighted by atomic mass is 16.5. The minimum atomic E-state index is -1.52. The van der Waals surface area contributed by atoms with Crippen LogP contribution in [0.2, 0.25) is 0 Å². The van der Waals surface area contributed by atoms with E-state index in [1.54, 1.807) is 60.8 Å². The molecule has 40 heavy (non-hydrogen) atoms. The third kappa shape index (κ3) is 4.08. The second-order valence-electron chi connectivity index (χ2n) is 9.92. The number of aryl methyl sites for hydroxylation is 1. The van der Waals surface area contributed by atoms with Gasteiger partial charge in [-0.2, -0.15) is 0 Å². The third-order valence-electron chi connectivity index (χ3n) is 7.52. The van der Waals surface area contributed by atoms with Gasteiger partial charge < -0.3 is 18.8 Å². The average Bonchev–Trinajstić information content (AvgIpc) is 3.61. The van der Waals surface area contributed by atoms with Crippen LogP contribution in [0.5, 0.6) is 5.75 Å². The average molecular weight is 540 g/mol. The van der Waals surface area contributed by atoms with Crippen LogP contribution in [0.25, 0.3) is 11.0 Å². The summed E-state index contributed by atoms with van der Waals surface area (Å²) in [7, 11) is 1.52. The lowest BCUT2D eigenvalue weighted by atomic mass is 9.82. The number of amides is 3. The van der Waals surface area contributed by atoms with Gasteiger partial charge in [-0.25, -0.2) is 9.69 Å². The van der Waals surface area contributed by atoms with E-state index in [9.17, 15) is 19.2 Å². The SMILES string of the molecule is COc1ccc2c(c1)C(=O)N(C[C@@]1(c3cc4c(C)nccc4o3)CC(=O)N(COC(=O)c3ccccc3)C1=O)C2. The highest BCUT2D eigenvalue weighted by molar-refractivity contribution is 6.10. The van der Waals surface area contributed by atoms with Crippen molar-refractivity contribution < 1.29 is 33.1 Å². The second-order valence-corrected chi connectivity index (χ2v) is 9.92. The third-order valence-corrected chi connectivity index (χ3v) is 7.52. The fourth-order valence-electron chi connectivity index (χ4n) is 5.36. The Morgan fingerprint density at radius 2 is 1.88 bits per heavy atom. The van der Waals surface area contributed by atoms with Crippen LogP contribution >= 0.6 is 0 Å². The topological polar surface area (TPSA) is 119 Å². The minimum Gasteiger partial charge on any atom is -0.497 e. The molecule has 2 aliphatic rings. The molecule has 0 radical (unpaired) electrons. The van der Waals surface area contributed by atoms with Gasteiger partial charge >= 0.3 is 5.97 Å². The van der Waals surface area contributed by atoms with Crippen molar-refractivity contribution in [2.75, 3.05) is 20.4 Å². The first-order valence-corrected chi connectivity index (χ1v) is 12.7. The van der Waals surface area contributed by atoms with E-state index < -0.39 is 29.9 Å². The van der Waals surface area contributed by atoms with Crippen LogP contribution in [0.15, 0.2) is 71.3 Å². The minimum absolute atomic E-state index is 0.108. The summed E-state index contributed by atoms with van der Waals surface area (Å²) in [6.07, 6.45) is 1.34. The molecule has 10 heteroatoms. The van der Waals surface area contributed by atoms with Crippen LogP contribution in [0.1, 0.15) is 44.2 Å². The van der Waals surface area contributed by atoms with E-state index in [0.717, 1.165) is 10.5 Å². The number of carbonyl (C=O) groups is 4. The number of likely N-dealkylation sites (tertiary alicyclic amines) is 1. The molecule has 2 aliphatic heterocycles. The zero-order valence-corrected chi connectivity index (χ0v) is 21.9. The molecule has 0 unspecified atom stereocenters. The van der Waals surface area contributed by atoms with Gasteiger partial charge in [-0.3, -0.25) is 19.4 Å². The molecule has 3 amide bonds. The summed E-state index contributed by atoms with van der Waals surface area (Å²) >= 11 is 0. The van der Waals surface area contributed by atoms with Crippen LogP contribution in [-0.2, 0) is 26.3 Å². The smallest absolute Gasteiger partial charge is 0.339 e. The fraction of sp³-hybridized carbons (Fsp3) is 0.233. The van der Waals surface area contributed by atoms with E-state index in [-0.39, 0.29) is 31.2 Å². The van der Waals surface area contributed by atoms with Gasteiger partial charge in [-0.1, -0.05) is 24.3 Å². The van der Waals surface area contributed by atoms with Gasteiger partial charge in [0.25, 0.3) is 5.91 Å². The first kappa shape index (κ1) is 25.3. The monoisotopic (exact) mass is 539 g/mol. The number of hydrogen-bond acceptors (Lipinski definition) is 8. The lowest BCUT2D eigenvalue weighted by Gasteiger charge is -2.29. The Labute approximate surface area is 229 Å². The number of methoxy groups -OCH3 is 1. The first-order chi connectivity index (χ1) is 19.3. The fourth-order valence-corrected chi connectivity index (χ4v) is 5.36. The van der Waals surface area contributed by atoms with Crippen LogP contribution in [-0.4, -0.2) is 58.9 Å². The standard InChI is InChI=1S/C30H25N3O7/c1-18-22-13-25(40-24(22)10-11-31-18)30(16-32-15-20-8-9-21(38-2)12-23(20)27(32)35)14-26(34)33(29(30)37)17-39-28(36)19-6-4-3-5-7-19/h3-13H,14-17H2,1-2H3/t30-/m1/s1. The molecule has 10 nitrogen and oxygen atoms in total. The summed E-state index contributed by atoms with van der Waals surface area (Å²) < 4.78 is 16.8. The number of rotatable bonds is 7. The Bertz CT molecular complexity index is 1680. The number of furan rings is 1. The van der Waals surface area contributed by atoms with Gasteiger partial charge in [-0.15, -0.1) is 0 Å². The van der Waals surface area contributed by atoms with Gasteiger partial charge in [0.05, 0.1) is 19.1 Å². The molecule has 0 aliphatic carbocycles. The molecule has 0 saturated carbocycles. The number of fused-ring (bicyclic) bond motifs is 2. The summed E-state index contributed by atoms with van der Waals surface area (Å²) in [6.45, 7) is 1.41. The molecule has 0 bridgehead atoms. The summed E-state index contributed by atoms with van der Waals surface area (Å²) in [5, 5.41) is 0.701. The summed E-state index contributed by atoms with van der Waals surface area (Å²) in [5.74, 6) is -1.30. The lowest BCUT2D eigenvalue weighted by Crippen LogP contribution is -2.47. The van der Waals surface area contributed by atoms with Crippen molar-refractivity contribution in [2.45, 2.75) is 25.3 Å². The van der Waals surface area contributed by atoms with Crippen molar-refractivity contribution in [1.29, 1.82) is 0 Å². The quantitative estimate of drug-likeness (QED) is 0.258. The first-order valence-electron chi connectivity index (χ1n) is 12.7. The van der Waals surface area contributed by atoms with Gasteiger partial charge in [0.15, 0.2) is 6.73 Å². The van der Waals surface area contributed by atoms with Gasteiger partial charge in [0.2, 0.25) is 11.8 Å². The summed E-state index contributed by atoms with van der Waals surface area (Å²) in [5.41, 5.74) is 1.25. The molecule has 202 valence electrons. The van der Waals surface area contributed by atoms with E-state index in [1.807, 2.05) is 13.0 Å². The van der Waals surface area contributed by atoms with E-state index in [2.05, 4.69) is 4.98 Å². The number of pyridine rings is 1. The van der Waals surface area contributed by atoms with E-state index in [4.69, 9.17) is 13.9 Å². The molecule has 2 aromatic heterocycles. The lowest BCUT2D eigenvalue weighted by molar-refractivity contribution is -0.144. The zero-order valence-electron chi connectivity index (χ0n) is 21.9. The Morgan fingerprint density at radius 3 is 2.62 bits per heavy atom. The Kier molecular flexibility index (Phi) is 6.10. The molecule has 4 aromatic rings. The maximum absolute atomic E-state index is 14.1. The molecule has 1 atom stereocenters. The number of nitrogens with zero attached hydrogens (tertiary/aromatic N) is 3. The number of carbonyl (C=O) groups excluding carboxylic acids is 4. The molecule has 0 spiro atoms. The van der Waals surface area contributed by atoms with Gasteiger partial charge in [0, 0.05) is 35.9 Å². The second kappa shape index (κ2) is 9.64. The Balaban J connectivity index is 1.35. The van der Waals surface area contributed by atoms with Crippen molar-refractivity contribution in [3.05, 3.63) is 95.0 Å². The molecule has 2 aromatic carbocycles. The maximum Gasteiger partial charge on any atom is 0.339 e.